The third-order valence-corrected chi connectivity index (χ3v) is 4.01. The molecule has 0 spiro atoms. The molecule has 0 saturated heterocycles. The van der Waals surface area contributed by atoms with Crippen LogP contribution in [0.15, 0.2) is 33.2 Å². The number of hydrogen-bond donors (Lipinski definition) is 1. The Hall–Kier alpha value is -0.850. The van der Waals surface area contributed by atoms with Gasteiger partial charge in [-0.1, -0.05) is 15.9 Å². The zero-order chi connectivity index (χ0) is 13.7. The van der Waals surface area contributed by atoms with Crippen molar-refractivity contribution in [3.8, 4) is 11.5 Å². The molecule has 0 radical (unpaired) electrons. The van der Waals surface area contributed by atoms with Crippen molar-refractivity contribution < 1.29 is 4.42 Å². The molecule has 1 aromatic carbocycles. The standard InChI is InChI=1S/C13H16BrN3OS/c1-9(15)6-7-19-8-12-16-17-13(18-12)10-2-4-11(14)5-3-10/h2-5,9H,6-8,15H2,1H3. The second-order valence-corrected chi connectivity index (χ2v) is 6.35. The minimum atomic E-state index is 0.244. The van der Waals surface area contributed by atoms with Crippen molar-refractivity contribution in [1.29, 1.82) is 0 Å². The first-order valence-electron chi connectivity index (χ1n) is 6.07. The predicted molar refractivity (Wildman–Crippen MR) is 81.9 cm³/mol. The first kappa shape index (κ1) is 14.6. The summed E-state index contributed by atoms with van der Waals surface area (Å²) in [5, 5.41) is 8.11. The number of hydrogen-bond acceptors (Lipinski definition) is 5. The maximum absolute atomic E-state index is 5.70. The monoisotopic (exact) mass is 341 g/mol. The second kappa shape index (κ2) is 7.07. The van der Waals surface area contributed by atoms with E-state index in [0.29, 0.717) is 11.8 Å². The molecule has 4 nitrogen and oxygen atoms in total. The fourth-order valence-corrected chi connectivity index (χ4v) is 2.69. The van der Waals surface area contributed by atoms with E-state index in [4.69, 9.17) is 10.2 Å². The normalized spacial score (nSPS) is 12.6. The van der Waals surface area contributed by atoms with Crippen LogP contribution in [0.1, 0.15) is 19.2 Å². The maximum Gasteiger partial charge on any atom is 0.247 e. The molecule has 0 saturated carbocycles. The van der Waals surface area contributed by atoms with E-state index < -0.39 is 0 Å². The average Bonchev–Trinajstić information content (AvgIpc) is 2.84. The Morgan fingerprint density at radius 2 is 2.05 bits per heavy atom. The average molecular weight is 342 g/mol. The molecule has 2 aromatic rings. The fraction of sp³-hybridized carbons (Fsp3) is 0.385. The highest BCUT2D eigenvalue weighted by Gasteiger charge is 2.08. The van der Waals surface area contributed by atoms with Crippen LogP contribution in [0, 0.1) is 0 Å². The van der Waals surface area contributed by atoms with Crippen molar-refractivity contribution in [2.24, 2.45) is 5.73 Å². The van der Waals surface area contributed by atoms with Crippen molar-refractivity contribution in [3.05, 3.63) is 34.6 Å². The summed E-state index contributed by atoms with van der Waals surface area (Å²) < 4.78 is 6.66. The quantitative estimate of drug-likeness (QED) is 0.815. The first-order chi connectivity index (χ1) is 9.15. The summed E-state index contributed by atoms with van der Waals surface area (Å²) in [6.45, 7) is 2.01. The topological polar surface area (TPSA) is 64.9 Å². The van der Waals surface area contributed by atoms with Gasteiger partial charge >= 0.3 is 0 Å². The molecular weight excluding hydrogens is 326 g/mol. The van der Waals surface area contributed by atoms with E-state index in [1.54, 1.807) is 11.8 Å². The molecule has 1 unspecified atom stereocenters. The van der Waals surface area contributed by atoms with Gasteiger partial charge in [-0.2, -0.15) is 11.8 Å². The van der Waals surface area contributed by atoms with Crippen molar-refractivity contribution >= 4 is 27.7 Å². The van der Waals surface area contributed by atoms with Crippen molar-refractivity contribution in [3.63, 3.8) is 0 Å². The molecule has 19 heavy (non-hydrogen) atoms. The molecule has 2 N–H and O–H groups in total. The van der Waals surface area contributed by atoms with E-state index >= 15 is 0 Å². The Morgan fingerprint density at radius 1 is 1.32 bits per heavy atom. The third kappa shape index (κ3) is 4.63. The molecule has 1 heterocycles. The van der Waals surface area contributed by atoms with Gasteiger partial charge in [0.15, 0.2) is 0 Å². The highest BCUT2D eigenvalue weighted by molar-refractivity contribution is 9.10. The molecule has 0 bridgehead atoms. The van der Waals surface area contributed by atoms with Crippen LogP contribution in [0.5, 0.6) is 0 Å². The van der Waals surface area contributed by atoms with Gasteiger partial charge in [-0.05, 0) is 43.4 Å². The molecule has 0 aliphatic heterocycles. The highest BCUT2D eigenvalue weighted by atomic mass is 79.9. The summed E-state index contributed by atoms with van der Waals surface area (Å²) in [5.41, 5.74) is 6.63. The van der Waals surface area contributed by atoms with E-state index in [2.05, 4.69) is 26.1 Å². The van der Waals surface area contributed by atoms with E-state index in [0.717, 1.165) is 28.0 Å². The van der Waals surface area contributed by atoms with Crippen molar-refractivity contribution in [2.75, 3.05) is 5.75 Å². The molecule has 0 aliphatic carbocycles. The van der Waals surface area contributed by atoms with Crippen LogP contribution >= 0.6 is 27.7 Å². The van der Waals surface area contributed by atoms with Gasteiger partial charge in [0.05, 0.1) is 5.75 Å². The predicted octanol–water partition coefficient (Wildman–Crippen LogP) is 3.47. The lowest BCUT2D eigenvalue weighted by Crippen LogP contribution is -2.15. The SMILES string of the molecule is CC(N)CCSCc1nnc(-c2ccc(Br)cc2)o1. The van der Waals surface area contributed by atoms with Crippen LogP contribution in [0.4, 0.5) is 0 Å². The number of halogens is 1. The van der Waals surface area contributed by atoms with Crippen LogP contribution in [-0.4, -0.2) is 22.0 Å². The molecule has 6 heteroatoms. The zero-order valence-corrected chi connectivity index (χ0v) is 13.1. The fourth-order valence-electron chi connectivity index (χ4n) is 1.45. The van der Waals surface area contributed by atoms with Crippen LogP contribution in [0.25, 0.3) is 11.5 Å². The van der Waals surface area contributed by atoms with Gasteiger partial charge in [0.25, 0.3) is 0 Å². The van der Waals surface area contributed by atoms with Gasteiger partial charge in [0.2, 0.25) is 11.8 Å². The molecule has 2 rings (SSSR count). The number of nitrogens with zero attached hydrogens (tertiary/aromatic N) is 2. The van der Waals surface area contributed by atoms with E-state index in [1.807, 2.05) is 31.2 Å². The molecule has 1 atom stereocenters. The number of thioether (sulfide) groups is 1. The van der Waals surface area contributed by atoms with Gasteiger partial charge in [-0.3, -0.25) is 0 Å². The molecule has 0 fully saturated rings. The molecule has 0 amide bonds. The molecule has 0 aliphatic rings. The largest absolute Gasteiger partial charge is 0.420 e. The van der Waals surface area contributed by atoms with Gasteiger partial charge < -0.3 is 10.2 Å². The lowest BCUT2D eigenvalue weighted by Gasteiger charge is -2.02. The van der Waals surface area contributed by atoms with E-state index in [-0.39, 0.29) is 6.04 Å². The number of benzene rings is 1. The summed E-state index contributed by atoms with van der Waals surface area (Å²) in [6.07, 6.45) is 0.998. The minimum Gasteiger partial charge on any atom is -0.420 e. The molecule has 1 aromatic heterocycles. The lowest BCUT2D eigenvalue weighted by atomic mass is 10.2. The number of nitrogens with two attached hydrogens (primary N) is 1. The Balaban J connectivity index is 1.90. The summed E-state index contributed by atoms with van der Waals surface area (Å²) >= 11 is 5.16. The maximum atomic E-state index is 5.70. The summed E-state index contributed by atoms with van der Waals surface area (Å²) in [5.74, 6) is 2.96. The van der Waals surface area contributed by atoms with Crippen LogP contribution in [0.2, 0.25) is 0 Å². The summed E-state index contributed by atoms with van der Waals surface area (Å²) in [7, 11) is 0. The number of rotatable bonds is 6. The Morgan fingerprint density at radius 3 is 2.74 bits per heavy atom. The Kier molecular flexibility index (Phi) is 5.42. The van der Waals surface area contributed by atoms with E-state index in [9.17, 15) is 0 Å². The summed E-state index contributed by atoms with van der Waals surface area (Å²) in [6, 6.07) is 8.05. The van der Waals surface area contributed by atoms with Crippen molar-refractivity contribution in [1.82, 2.24) is 10.2 Å². The lowest BCUT2D eigenvalue weighted by molar-refractivity contribution is 0.528. The minimum absolute atomic E-state index is 0.244. The first-order valence-corrected chi connectivity index (χ1v) is 8.01. The van der Waals surface area contributed by atoms with E-state index in [1.165, 1.54) is 0 Å². The highest BCUT2D eigenvalue weighted by Crippen LogP contribution is 2.22. The van der Waals surface area contributed by atoms with Crippen LogP contribution < -0.4 is 5.73 Å². The zero-order valence-electron chi connectivity index (χ0n) is 10.7. The smallest absolute Gasteiger partial charge is 0.247 e. The van der Waals surface area contributed by atoms with Crippen molar-refractivity contribution in [2.45, 2.75) is 25.1 Å². The molecular formula is C13H16BrN3OS. The Labute approximate surface area is 125 Å². The van der Waals surface area contributed by atoms with Gasteiger partial charge in [0, 0.05) is 16.1 Å². The third-order valence-electron chi connectivity index (χ3n) is 2.50. The van der Waals surface area contributed by atoms with Crippen LogP contribution in [-0.2, 0) is 5.75 Å². The number of aromatic nitrogens is 2. The van der Waals surface area contributed by atoms with Gasteiger partial charge in [-0.15, -0.1) is 10.2 Å². The van der Waals surface area contributed by atoms with Gasteiger partial charge in [0.1, 0.15) is 0 Å². The second-order valence-electron chi connectivity index (χ2n) is 4.33. The Bertz CT molecular complexity index is 513. The van der Waals surface area contributed by atoms with Crippen LogP contribution in [0.3, 0.4) is 0 Å². The van der Waals surface area contributed by atoms with Gasteiger partial charge in [-0.25, -0.2) is 0 Å². The summed E-state index contributed by atoms with van der Waals surface area (Å²) in [4.78, 5) is 0. The molecule has 102 valence electrons.